The van der Waals surface area contributed by atoms with Gasteiger partial charge in [0.2, 0.25) is 0 Å². The van der Waals surface area contributed by atoms with E-state index in [0.29, 0.717) is 11.3 Å². The zero-order chi connectivity index (χ0) is 9.84. The Hall–Kier alpha value is -1.50. The molecule has 0 saturated heterocycles. The lowest BCUT2D eigenvalue weighted by Crippen LogP contribution is -1.95. The molecule has 1 rings (SSSR count). The number of aryl methyl sites for hydroxylation is 1. The van der Waals surface area contributed by atoms with E-state index in [1.807, 2.05) is 6.07 Å². The van der Waals surface area contributed by atoms with Crippen LogP contribution in [0.2, 0.25) is 0 Å². The maximum Gasteiger partial charge on any atom is 0.280 e. The Balaban J connectivity index is 3.05. The molecule has 68 valence electrons. The number of aromatic nitrogens is 1. The molecular weight excluding hydrogens is 174 g/mol. The Morgan fingerprint density at radius 2 is 2.23 bits per heavy atom. The van der Waals surface area contributed by atoms with Crippen molar-refractivity contribution in [1.82, 2.24) is 4.98 Å². The predicted octanol–water partition coefficient (Wildman–Crippen LogP) is 2.39. The standard InChI is InChI=1S/C9H8F2N2/c1-6-4-7(2-3-12)5-8(13-6)9(10)11/h4-5,9H,2H2,1H3. The van der Waals surface area contributed by atoms with E-state index in [0.717, 1.165) is 0 Å². The number of halogens is 2. The number of pyridine rings is 1. The topological polar surface area (TPSA) is 36.7 Å². The normalized spacial score (nSPS) is 10.1. The molecule has 0 saturated carbocycles. The first-order valence-electron chi connectivity index (χ1n) is 3.76. The lowest BCUT2D eigenvalue weighted by molar-refractivity contribution is 0.146. The van der Waals surface area contributed by atoms with Gasteiger partial charge < -0.3 is 0 Å². The third-order valence-electron chi connectivity index (χ3n) is 1.54. The second-order valence-corrected chi connectivity index (χ2v) is 2.68. The van der Waals surface area contributed by atoms with E-state index in [1.54, 1.807) is 13.0 Å². The van der Waals surface area contributed by atoms with Crippen molar-refractivity contribution in [3.8, 4) is 6.07 Å². The highest BCUT2D eigenvalue weighted by Gasteiger charge is 2.09. The summed E-state index contributed by atoms with van der Waals surface area (Å²) in [6.45, 7) is 1.63. The molecule has 0 aliphatic carbocycles. The Morgan fingerprint density at radius 1 is 1.54 bits per heavy atom. The van der Waals surface area contributed by atoms with E-state index < -0.39 is 6.43 Å². The molecule has 0 amide bonds. The molecule has 0 spiro atoms. The van der Waals surface area contributed by atoms with Crippen molar-refractivity contribution in [1.29, 1.82) is 5.26 Å². The van der Waals surface area contributed by atoms with Crippen LogP contribution in [0.15, 0.2) is 12.1 Å². The predicted molar refractivity (Wildman–Crippen MR) is 43.2 cm³/mol. The molecule has 0 aromatic carbocycles. The molecule has 0 unspecified atom stereocenters. The quantitative estimate of drug-likeness (QED) is 0.704. The lowest BCUT2D eigenvalue weighted by Gasteiger charge is -2.02. The summed E-state index contributed by atoms with van der Waals surface area (Å²) < 4.78 is 24.4. The summed E-state index contributed by atoms with van der Waals surface area (Å²) in [4.78, 5) is 3.66. The van der Waals surface area contributed by atoms with E-state index in [-0.39, 0.29) is 12.1 Å². The van der Waals surface area contributed by atoms with Crippen molar-refractivity contribution in [2.75, 3.05) is 0 Å². The van der Waals surface area contributed by atoms with Gasteiger partial charge in [-0.2, -0.15) is 5.26 Å². The second kappa shape index (κ2) is 3.94. The maximum absolute atomic E-state index is 12.2. The van der Waals surface area contributed by atoms with Crippen LogP contribution in [0, 0.1) is 18.3 Å². The third-order valence-corrected chi connectivity index (χ3v) is 1.54. The minimum atomic E-state index is -2.57. The zero-order valence-corrected chi connectivity index (χ0v) is 7.09. The third kappa shape index (κ3) is 2.48. The largest absolute Gasteiger partial charge is 0.280 e. The van der Waals surface area contributed by atoms with Crippen molar-refractivity contribution in [2.24, 2.45) is 0 Å². The van der Waals surface area contributed by atoms with Gasteiger partial charge in [-0.1, -0.05) is 0 Å². The first-order chi connectivity index (χ1) is 6.13. The summed E-state index contributed by atoms with van der Waals surface area (Å²) in [5, 5.41) is 8.38. The van der Waals surface area contributed by atoms with E-state index in [1.165, 1.54) is 6.07 Å². The van der Waals surface area contributed by atoms with Gasteiger partial charge in [-0.15, -0.1) is 0 Å². The van der Waals surface area contributed by atoms with Gasteiger partial charge in [0.25, 0.3) is 6.43 Å². The van der Waals surface area contributed by atoms with E-state index in [4.69, 9.17) is 5.26 Å². The van der Waals surface area contributed by atoms with Crippen molar-refractivity contribution >= 4 is 0 Å². The number of rotatable bonds is 2. The van der Waals surface area contributed by atoms with Gasteiger partial charge in [0.1, 0.15) is 5.69 Å². The van der Waals surface area contributed by atoms with Crippen molar-refractivity contribution in [2.45, 2.75) is 19.8 Å². The van der Waals surface area contributed by atoms with Crippen LogP contribution in [-0.2, 0) is 6.42 Å². The summed E-state index contributed by atoms with van der Waals surface area (Å²) in [5.74, 6) is 0. The van der Waals surface area contributed by atoms with Crippen LogP contribution in [0.25, 0.3) is 0 Å². The molecule has 4 heteroatoms. The summed E-state index contributed by atoms with van der Waals surface area (Å²) >= 11 is 0. The van der Waals surface area contributed by atoms with Crippen LogP contribution >= 0.6 is 0 Å². The highest BCUT2D eigenvalue weighted by molar-refractivity contribution is 5.23. The fraction of sp³-hybridized carbons (Fsp3) is 0.333. The molecule has 1 heterocycles. The van der Waals surface area contributed by atoms with Gasteiger partial charge in [0, 0.05) is 5.69 Å². The Labute approximate surface area is 74.8 Å². The Bertz CT molecular complexity index is 342. The van der Waals surface area contributed by atoms with Gasteiger partial charge in [-0.05, 0) is 24.6 Å². The first kappa shape index (κ1) is 9.59. The number of hydrogen-bond acceptors (Lipinski definition) is 2. The molecule has 2 nitrogen and oxygen atoms in total. The molecular formula is C9H8F2N2. The molecule has 13 heavy (non-hydrogen) atoms. The van der Waals surface area contributed by atoms with Crippen molar-refractivity contribution in [3.05, 3.63) is 29.1 Å². The maximum atomic E-state index is 12.2. The molecule has 1 aromatic heterocycles. The van der Waals surface area contributed by atoms with Gasteiger partial charge in [0.15, 0.2) is 0 Å². The zero-order valence-electron chi connectivity index (χ0n) is 7.09. The van der Waals surface area contributed by atoms with Crippen molar-refractivity contribution in [3.63, 3.8) is 0 Å². The number of nitriles is 1. The summed E-state index contributed by atoms with van der Waals surface area (Å²) in [6, 6.07) is 4.80. The minimum absolute atomic E-state index is 0.142. The highest BCUT2D eigenvalue weighted by Crippen LogP contribution is 2.18. The first-order valence-corrected chi connectivity index (χ1v) is 3.76. The van der Waals surface area contributed by atoms with Gasteiger partial charge in [0.05, 0.1) is 12.5 Å². The van der Waals surface area contributed by atoms with Gasteiger partial charge >= 0.3 is 0 Å². The monoisotopic (exact) mass is 182 g/mol. The molecule has 0 fully saturated rings. The molecule has 0 aliphatic rings. The fourth-order valence-electron chi connectivity index (χ4n) is 1.07. The second-order valence-electron chi connectivity index (χ2n) is 2.68. The Kier molecular flexibility index (Phi) is 2.91. The molecule has 1 aromatic rings. The average Bonchev–Trinajstić information content (AvgIpc) is 2.03. The summed E-state index contributed by atoms with van der Waals surface area (Å²) in [7, 11) is 0. The fourth-order valence-corrected chi connectivity index (χ4v) is 1.07. The number of alkyl halides is 2. The molecule has 0 radical (unpaired) electrons. The average molecular weight is 182 g/mol. The number of nitrogens with zero attached hydrogens (tertiary/aromatic N) is 2. The molecule has 0 N–H and O–H groups in total. The smallest absolute Gasteiger partial charge is 0.252 e. The van der Waals surface area contributed by atoms with Crippen LogP contribution in [0.1, 0.15) is 23.4 Å². The van der Waals surface area contributed by atoms with Crippen LogP contribution in [0.4, 0.5) is 8.78 Å². The van der Waals surface area contributed by atoms with E-state index >= 15 is 0 Å². The van der Waals surface area contributed by atoms with Gasteiger partial charge in [-0.25, -0.2) is 8.78 Å². The van der Waals surface area contributed by atoms with Crippen LogP contribution in [-0.4, -0.2) is 4.98 Å². The number of hydrogen-bond donors (Lipinski definition) is 0. The Morgan fingerprint density at radius 3 is 2.77 bits per heavy atom. The summed E-state index contributed by atoms with van der Waals surface area (Å²) in [5.41, 5.74) is 0.846. The molecule has 0 aliphatic heterocycles. The molecule has 0 atom stereocenters. The summed E-state index contributed by atoms with van der Waals surface area (Å²) in [6.07, 6.45) is -2.43. The SMILES string of the molecule is Cc1cc(CC#N)cc(C(F)F)n1. The van der Waals surface area contributed by atoms with Crippen molar-refractivity contribution < 1.29 is 8.78 Å². The van der Waals surface area contributed by atoms with Crippen LogP contribution in [0.3, 0.4) is 0 Å². The lowest BCUT2D eigenvalue weighted by atomic mass is 10.1. The minimum Gasteiger partial charge on any atom is -0.252 e. The highest BCUT2D eigenvalue weighted by atomic mass is 19.3. The van der Waals surface area contributed by atoms with Crippen LogP contribution in [0.5, 0.6) is 0 Å². The van der Waals surface area contributed by atoms with E-state index in [9.17, 15) is 8.78 Å². The van der Waals surface area contributed by atoms with Gasteiger partial charge in [-0.3, -0.25) is 4.98 Å². The molecule has 0 bridgehead atoms. The van der Waals surface area contributed by atoms with Crippen LogP contribution < -0.4 is 0 Å². The van der Waals surface area contributed by atoms with E-state index in [2.05, 4.69) is 4.98 Å².